The number of aryl methyl sites for hydroxylation is 1. The highest BCUT2D eigenvalue weighted by Gasteiger charge is 2.39. The van der Waals surface area contributed by atoms with Crippen molar-refractivity contribution >= 4 is 52.0 Å². The Kier molecular flexibility index (Phi) is 3.95. The molecule has 4 bridgehead atoms. The second kappa shape index (κ2) is 7.42. The quantitative estimate of drug-likeness (QED) is 0.304. The third kappa shape index (κ3) is 2.77. The lowest BCUT2D eigenvalue weighted by atomic mass is 9.98. The van der Waals surface area contributed by atoms with Gasteiger partial charge in [-0.2, -0.15) is 0 Å². The molecular formula is C31H19BN6O. The lowest BCUT2D eigenvalue weighted by molar-refractivity contribution is 0.529. The molecule has 0 aliphatic carbocycles. The molecule has 3 aliphatic heterocycles. The standard InChI is InChI=1S/C31H19BN6O/c1-18-14-16-19(17-15-18)39-32-37-28-22-10-4-6-12-24(22)30(37)36-31-25-13-7-5-11-23(25)29(38(31)32)35-27-21-9-3-2-8-20(21)26(33-27)34-28/h2-17H,1H3. The number of aromatic nitrogens is 2. The molecule has 3 aliphatic rings. The summed E-state index contributed by atoms with van der Waals surface area (Å²) in [5.74, 6) is 3.59. The van der Waals surface area contributed by atoms with Gasteiger partial charge in [-0.1, -0.05) is 90.5 Å². The highest BCUT2D eigenvalue weighted by atomic mass is 16.5. The topological polar surface area (TPSA) is 68.5 Å². The summed E-state index contributed by atoms with van der Waals surface area (Å²) in [5.41, 5.74) is 4.66. The van der Waals surface area contributed by atoms with Gasteiger partial charge in [-0.05, 0) is 19.1 Å². The summed E-state index contributed by atoms with van der Waals surface area (Å²) in [6.07, 6.45) is 0. The number of fused-ring (bicyclic) bond motifs is 10. The van der Waals surface area contributed by atoms with Crippen LogP contribution in [-0.4, -0.2) is 27.8 Å². The van der Waals surface area contributed by atoms with E-state index < -0.39 is 7.19 Å². The van der Waals surface area contributed by atoms with Crippen LogP contribution in [0.15, 0.2) is 117 Å². The predicted octanol–water partition coefficient (Wildman–Crippen LogP) is 5.10. The van der Waals surface area contributed by atoms with Crippen LogP contribution in [0.1, 0.15) is 16.7 Å². The van der Waals surface area contributed by atoms with Gasteiger partial charge in [0.25, 0.3) is 0 Å². The predicted molar refractivity (Wildman–Crippen MR) is 153 cm³/mol. The van der Waals surface area contributed by atoms with Gasteiger partial charge in [-0.15, -0.1) is 0 Å². The van der Waals surface area contributed by atoms with Crippen LogP contribution in [-0.2, 0) is 0 Å². The highest BCUT2D eigenvalue weighted by molar-refractivity contribution is 6.52. The van der Waals surface area contributed by atoms with Crippen molar-refractivity contribution in [2.75, 3.05) is 0 Å². The third-order valence-electron chi connectivity index (χ3n) is 7.69. The van der Waals surface area contributed by atoms with Crippen LogP contribution in [0.2, 0.25) is 0 Å². The molecule has 2 aromatic heterocycles. The van der Waals surface area contributed by atoms with E-state index in [9.17, 15) is 0 Å². The van der Waals surface area contributed by atoms with Crippen molar-refractivity contribution in [2.45, 2.75) is 6.92 Å². The van der Waals surface area contributed by atoms with Gasteiger partial charge in [0.05, 0.1) is 0 Å². The van der Waals surface area contributed by atoms with Gasteiger partial charge >= 0.3 is 7.19 Å². The lowest BCUT2D eigenvalue weighted by Crippen LogP contribution is -2.52. The Labute approximate surface area is 222 Å². The molecular weight excluding hydrogens is 483 g/mol. The lowest BCUT2D eigenvalue weighted by Gasteiger charge is -2.23. The Morgan fingerprint density at radius 1 is 0.538 bits per heavy atom. The molecule has 0 saturated carbocycles. The number of rotatable bonds is 2. The zero-order valence-corrected chi connectivity index (χ0v) is 20.9. The molecule has 8 heteroatoms. The Balaban J connectivity index is 1.50. The number of benzene rings is 4. The number of hydrogen-bond donors (Lipinski definition) is 0. The van der Waals surface area contributed by atoms with E-state index in [0.29, 0.717) is 11.7 Å². The average molecular weight is 502 g/mol. The summed E-state index contributed by atoms with van der Waals surface area (Å²) in [6.45, 7) is 2.07. The van der Waals surface area contributed by atoms with E-state index >= 15 is 0 Å². The molecule has 6 aromatic rings. The molecule has 0 fully saturated rings. The molecule has 0 atom stereocenters. The van der Waals surface area contributed by atoms with E-state index in [1.54, 1.807) is 0 Å². The first kappa shape index (κ1) is 20.8. The molecule has 0 saturated heterocycles. The van der Waals surface area contributed by atoms with Gasteiger partial charge in [0.1, 0.15) is 28.4 Å². The summed E-state index contributed by atoms with van der Waals surface area (Å²) >= 11 is 0. The van der Waals surface area contributed by atoms with Crippen LogP contribution in [0.25, 0.3) is 21.5 Å². The van der Waals surface area contributed by atoms with Gasteiger partial charge in [0, 0.05) is 32.7 Å². The number of aliphatic imine (C=N–C) groups is 2. The first-order chi connectivity index (χ1) is 19.2. The Hall–Kier alpha value is -5.24. The highest BCUT2D eigenvalue weighted by Crippen LogP contribution is 2.41. The zero-order valence-electron chi connectivity index (χ0n) is 20.9. The van der Waals surface area contributed by atoms with E-state index in [4.69, 9.17) is 24.6 Å². The van der Waals surface area contributed by atoms with Crippen LogP contribution in [0.3, 0.4) is 0 Å². The van der Waals surface area contributed by atoms with Gasteiger partial charge in [-0.25, -0.2) is 20.0 Å². The Morgan fingerprint density at radius 2 is 1.08 bits per heavy atom. The first-order valence-corrected chi connectivity index (χ1v) is 12.9. The molecule has 0 amide bonds. The summed E-state index contributed by atoms with van der Waals surface area (Å²) in [6, 6.07) is 32.8. The van der Waals surface area contributed by atoms with Crippen LogP contribution < -0.4 is 15.6 Å². The van der Waals surface area contributed by atoms with Crippen molar-refractivity contribution < 1.29 is 4.65 Å². The maximum atomic E-state index is 6.84. The minimum absolute atomic E-state index is 0.602. The summed E-state index contributed by atoms with van der Waals surface area (Å²) in [7, 11) is -0.602. The van der Waals surface area contributed by atoms with Crippen molar-refractivity contribution in [2.24, 2.45) is 20.0 Å². The summed E-state index contributed by atoms with van der Waals surface area (Å²) < 4.78 is 11.0. The Morgan fingerprint density at radius 3 is 1.74 bits per heavy atom. The molecule has 5 heterocycles. The van der Waals surface area contributed by atoms with Crippen LogP contribution in [0, 0.1) is 6.92 Å². The second-order valence-corrected chi connectivity index (χ2v) is 10.0. The van der Waals surface area contributed by atoms with Gasteiger partial charge in [0.15, 0.2) is 11.7 Å². The minimum Gasteiger partial charge on any atom is -0.523 e. The molecule has 7 nitrogen and oxygen atoms in total. The van der Waals surface area contributed by atoms with Gasteiger partial charge in [-0.3, -0.25) is 8.96 Å². The number of amidine groups is 2. The Bertz CT molecular complexity index is 2220. The first-order valence-electron chi connectivity index (χ1n) is 12.9. The van der Waals surface area contributed by atoms with Crippen molar-refractivity contribution in [3.63, 3.8) is 0 Å². The smallest absolute Gasteiger partial charge is 0.523 e. The summed E-state index contributed by atoms with van der Waals surface area (Å²) in [4.78, 5) is 20.6. The maximum Gasteiger partial charge on any atom is 0.633 e. The third-order valence-corrected chi connectivity index (χ3v) is 7.69. The van der Waals surface area contributed by atoms with Crippen LogP contribution in [0.5, 0.6) is 5.75 Å². The monoisotopic (exact) mass is 502 g/mol. The van der Waals surface area contributed by atoms with Crippen molar-refractivity contribution in [3.05, 3.63) is 125 Å². The van der Waals surface area contributed by atoms with Crippen LogP contribution >= 0.6 is 0 Å². The molecule has 182 valence electrons. The van der Waals surface area contributed by atoms with Crippen molar-refractivity contribution in [3.8, 4) is 5.75 Å². The van der Waals surface area contributed by atoms with E-state index in [1.165, 1.54) is 5.56 Å². The van der Waals surface area contributed by atoms with Gasteiger partial charge < -0.3 is 4.65 Å². The fourth-order valence-corrected chi connectivity index (χ4v) is 5.87. The largest absolute Gasteiger partial charge is 0.633 e. The normalized spacial score (nSPS) is 14.4. The summed E-state index contributed by atoms with van der Waals surface area (Å²) in [5, 5.41) is 4.02. The SMILES string of the molecule is Cc1ccc(OB2n3c4c5ccccc5c3N=c3c5ccccc5c(n32)=NC2=NC(=N4)c3ccccc32)cc1. The molecule has 0 radical (unpaired) electrons. The van der Waals surface area contributed by atoms with Crippen LogP contribution in [0.4, 0.5) is 11.6 Å². The van der Waals surface area contributed by atoms with E-state index in [0.717, 1.165) is 61.0 Å². The van der Waals surface area contributed by atoms with E-state index in [1.807, 2.05) is 48.5 Å². The maximum absolute atomic E-state index is 6.84. The fraction of sp³-hybridized carbons (Fsp3) is 0.0323. The molecule has 39 heavy (non-hydrogen) atoms. The molecule has 4 aromatic carbocycles. The molecule has 0 unspecified atom stereocenters. The van der Waals surface area contributed by atoms with E-state index in [2.05, 4.69) is 64.4 Å². The minimum atomic E-state index is -0.602. The molecule has 9 rings (SSSR count). The molecule has 0 N–H and O–H groups in total. The second-order valence-electron chi connectivity index (χ2n) is 10.0. The number of hydrogen-bond acceptors (Lipinski definition) is 5. The van der Waals surface area contributed by atoms with Crippen molar-refractivity contribution in [1.82, 2.24) is 8.96 Å². The average Bonchev–Trinajstić information content (AvgIpc) is 3.59. The van der Waals surface area contributed by atoms with Crippen molar-refractivity contribution in [1.29, 1.82) is 0 Å². The number of nitrogens with zero attached hydrogens (tertiary/aromatic N) is 6. The fourth-order valence-electron chi connectivity index (χ4n) is 5.87. The van der Waals surface area contributed by atoms with Gasteiger partial charge in [0.2, 0.25) is 0 Å². The van der Waals surface area contributed by atoms with E-state index in [-0.39, 0.29) is 0 Å². The zero-order chi connectivity index (χ0) is 25.7. The molecule has 0 spiro atoms.